The first-order valence-corrected chi connectivity index (χ1v) is 9.96. The van der Waals surface area contributed by atoms with E-state index in [9.17, 15) is 14.4 Å². The van der Waals surface area contributed by atoms with Gasteiger partial charge in [0, 0.05) is 26.7 Å². The van der Waals surface area contributed by atoms with E-state index in [0.29, 0.717) is 29.6 Å². The number of methoxy groups -OCH3 is 1. The second kappa shape index (κ2) is 7.81. The lowest BCUT2D eigenvalue weighted by atomic mass is 10.1. The molecule has 0 bridgehead atoms. The van der Waals surface area contributed by atoms with Gasteiger partial charge in [-0.3, -0.25) is 14.2 Å². The molecule has 0 fully saturated rings. The van der Waals surface area contributed by atoms with E-state index < -0.39 is 23.8 Å². The Kier molecular flexibility index (Phi) is 5.19. The molecule has 1 aliphatic rings. The van der Waals surface area contributed by atoms with Crippen LogP contribution >= 0.6 is 0 Å². The van der Waals surface area contributed by atoms with E-state index in [4.69, 9.17) is 0 Å². The van der Waals surface area contributed by atoms with Crippen LogP contribution in [0.25, 0.3) is 11.2 Å². The third-order valence-electron chi connectivity index (χ3n) is 5.55. The molecule has 0 saturated heterocycles. The monoisotopic (exact) mass is 411 g/mol. The van der Waals surface area contributed by atoms with Gasteiger partial charge in [0.1, 0.15) is 6.54 Å². The van der Waals surface area contributed by atoms with E-state index in [-0.39, 0.29) is 0 Å². The second-order valence-electron chi connectivity index (χ2n) is 7.79. The average Bonchev–Trinajstić information content (AvgIpc) is 3.13. The van der Waals surface area contributed by atoms with Crippen LogP contribution in [0.5, 0.6) is 0 Å². The molecule has 158 valence electrons. The molecule has 1 aliphatic heterocycles. The van der Waals surface area contributed by atoms with Gasteiger partial charge in [-0.15, -0.1) is 0 Å². The van der Waals surface area contributed by atoms with Gasteiger partial charge in [0.05, 0.1) is 7.11 Å². The number of hydrogen-bond acceptors (Lipinski definition) is 6. The molecule has 3 heterocycles. The van der Waals surface area contributed by atoms with Crippen molar-refractivity contribution in [2.24, 2.45) is 13.0 Å². The lowest BCUT2D eigenvalue weighted by Crippen LogP contribution is -2.42. The fourth-order valence-corrected chi connectivity index (χ4v) is 4.03. The van der Waals surface area contributed by atoms with E-state index in [1.54, 1.807) is 7.05 Å². The zero-order chi connectivity index (χ0) is 21.4. The Hall–Kier alpha value is -3.36. The Morgan fingerprint density at radius 1 is 1.20 bits per heavy atom. The summed E-state index contributed by atoms with van der Waals surface area (Å²) in [5, 5.41) is 0. The number of benzene rings is 1. The third-order valence-corrected chi connectivity index (χ3v) is 5.55. The fourth-order valence-electron chi connectivity index (χ4n) is 4.03. The molecule has 0 N–H and O–H groups in total. The maximum atomic E-state index is 13.1. The van der Waals surface area contributed by atoms with Gasteiger partial charge in [-0.05, 0) is 17.9 Å². The van der Waals surface area contributed by atoms with Crippen LogP contribution in [0, 0.1) is 5.92 Å². The van der Waals surface area contributed by atoms with E-state index >= 15 is 0 Å². The van der Waals surface area contributed by atoms with Crippen LogP contribution in [-0.4, -0.2) is 44.9 Å². The van der Waals surface area contributed by atoms with Crippen LogP contribution < -0.4 is 16.1 Å². The van der Waals surface area contributed by atoms with E-state index in [0.717, 1.165) is 24.1 Å². The smallest absolute Gasteiger partial charge is 0.333 e. The number of esters is 1. The summed E-state index contributed by atoms with van der Waals surface area (Å²) in [5.74, 6) is 0.336. The van der Waals surface area contributed by atoms with Crippen molar-refractivity contribution in [2.45, 2.75) is 26.4 Å². The SMILES string of the molecule is COC(=O)Cn1c(=O)c2c(nc3n2C[C@H](C)CN3CCc2ccccc2)n(C)c1=O. The van der Waals surface area contributed by atoms with Gasteiger partial charge in [0.2, 0.25) is 5.95 Å². The first-order valence-electron chi connectivity index (χ1n) is 9.96. The Balaban J connectivity index is 1.80. The number of aromatic nitrogens is 4. The number of carbonyl (C=O) groups excluding carboxylic acids is 1. The Bertz CT molecular complexity index is 1210. The molecule has 1 aromatic carbocycles. The Morgan fingerprint density at radius 2 is 1.93 bits per heavy atom. The van der Waals surface area contributed by atoms with E-state index in [1.807, 2.05) is 22.8 Å². The second-order valence-corrected chi connectivity index (χ2v) is 7.79. The highest BCUT2D eigenvalue weighted by atomic mass is 16.5. The molecule has 0 saturated carbocycles. The van der Waals surface area contributed by atoms with Gasteiger partial charge in [-0.25, -0.2) is 9.36 Å². The van der Waals surface area contributed by atoms with Crippen molar-refractivity contribution < 1.29 is 9.53 Å². The molecule has 0 radical (unpaired) electrons. The highest BCUT2D eigenvalue weighted by Gasteiger charge is 2.29. The summed E-state index contributed by atoms with van der Waals surface area (Å²) in [5.41, 5.74) is 0.796. The van der Waals surface area contributed by atoms with Crippen molar-refractivity contribution >= 4 is 23.1 Å². The Morgan fingerprint density at radius 3 is 2.63 bits per heavy atom. The largest absolute Gasteiger partial charge is 0.468 e. The van der Waals surface area contributed by atoms with Crippen LogP contribution in [0.2, 0.25) is 0 Å². The summed E-state index contributed by atoms with van der Waals surface area (Å²) in [7, 11) is 2.79. The summed E-state index contributed by atoms with van der Waals surface area (Å²) < 4.78 is 8.76. The fraction of sp³-hybridized carbons (Fsp3) is 0.429. The summed E-state index contributed by atoms with van der Waals surface area (Å²) >= 11 is 0. The number of ether oxygens (including phenoxy) is 1. The predicted octanol–water partition coefficient (Wildman–Crippen LogP) is 0.768. The van der Waals surface area contributed by atoms with E-state index in [2.05, 4.69) is 33.7 Å². The molecule has 30 heavy (non-hydrogen) atoms. The highest BCUT2D eigenvalue weighted by Crippen LogP contribution is 2.26. The number of nitrogens with zero attached hydrogens (tertiary/aromatic N) is 5. The van der Waals surface area contributed by atoms with Crippen molar-refractivity contribution in [3.63, 3.8) is 0 Å². The number of hydrogen-bond donors (Lipinski definition) is 0. The van der Waals surface area contributed by atoms with Gasteiger partial charge in [-0.1, -0.05) is 37.3 Å². The summed E-state index contributed by atoms with van der Waals surface area (Å²) in [6.45, 7) is 3.90. The summed E-state index contributed by atoms with van der Waals surface area (Å²) in [6.07, 6.45) is 0.849. The zero-order valence-corrected chi connectivity index (χ0v) is 17.4. The molecule has 0 unspecified atom stereocenters. The topological polar surface area (TPSA) is 91.4 Å². The van der Waals surface area contributed by atoms with E-state index in [1.165, 1.54) is 17.2 Å². The zero-order valence-electron chi connectivity index (χ0n) is 17.4. The van der Waals surface area contributed by atoms with Crippen LogP contribution in [0.4, 0.5) is 5.95 Å². The summed E-state index contributed by atoms with van der Waals surface area (Å²) in [4.78, 5) is 44.4. The quantitative estimate of drug-likeness (QED) is 0.576. The average molecular weight is 411 g/mol. The third kappa shape index (κ3) is 3.40. The van der Waals surface area contributed by atoms with Gasteiger partial charge in [0.15, 0.2) is 11.2 Å². The maximum absolute atomic E-state index is 13.1. The minimum absolute atomic E-state index is 0.302. The van der Waals surface area contributed by atoms with Crippen molar-refractivity contribution in [2.75, 3.05) is 25.1 Å². The molecule has 0 aliphatic carbocycles. The van der Waals surface area contributed by atoms with Gasteiger partial charge >= 0.3 is 11.7 Å². The number of rotatable bonds is 5. The van der Waals surface area contributed by atoms with Gasteiger partial charge in [0.25, 0.3) is 5.56 Å². The molecule has 3 aromatic rings. The van der Waals surface area contributed by atoms with Crippen LogP contribution in [0.15, 0.2) is 39.9 Å². The molecule has 2 aromatic heterocycles. The molecular weight excluding hydrogens is 386 g/mol. The molecule has 4 rings (SSSR count). The number of aryl methyl sites for hydroxylation is 1. The first kappa shape index (κ1) is 19.9. The van der Waals surface area contributed by atoms with Gasteiger partial charge < -0.3 is 14.2 Å². The maximum Gasteiger partial charge on any atom is 0.333 e. The Labute approximate surface area is 173 Å². The first-order chi connectivity index (χ1) is 14.4. The molecular formula is C21H25N5O4. The lowest BCUT2D eigenvalue weighted by molar-refractivity contribution is -0.141. The molecule has 1 atom stereocenters. The van der Waals surface area contributed by atoms with Crippen molar-refractivity contribution in [1.82, 2.24) is 18.7 Å². The van der Waals surface area contributed by atoms with Crippen molar-refractivity contribution in [3.05, 3.63) is 56.7 Å². The number of anilines is 1. The molecule has 9 heteroatoms. The lowest BCUT2D eigenvalue weighted by Gasteiger charge is -2.33. The standard InChI is InChI=1S/C21H25N5O4/c1-14-11-24(10-9-15-7-5-4-6-8-15)20-22-18-17(25(20)12-14)19(28)26(13-16(27)30-3)21(29)23(18)2/h4-8,14H,9-13H2,1-3H3/t14-/m1/s1. The summed E-state index contributed by atoms with van der Waals surface area (Å²) in [6, 6.07) is 10.2. The molecule has 0 spiro atoms. The predicted molar refractivity (Wildman–Crippen MR) is 113 cm³/mol. The van der Waals surface area contributed by atoms with Crippen LogP contribution in [-0.2, 0) is 36.1 Å². The molecule has 0 amide bonds. The number of carbonyl (C=O) groups is 1. The minimum atomic E-state index is -0.648. The molecule has 9 nitrogen and oxygen atoms in total. The van der Waals surface area contributed by atoms with Crippen LogP contribution in [0.1, 0.15) is 12.5 Å². The normalized spacial score (nSPS) is 16.0. The van der Waals surface area contributed by atoms with Gasteiger partial charge in [-0.2, -0.15) is 4.98 Å². The minimum Gasteiger partial charge on any atom is -0.468 e. The number of fused-ring (bicyclic) bond motifs is 3. The van der Waals surface area contributed by atoms with Crippen LogP contribution in [0.3, 0.4) is 0 Å². The number of imidazole rings is 1. The van der Waals surface area contributed by atoms with Crippen molar-refractivity contribution in [3.8, 4) is 0 Å². The highest BCUT2D eigenvalue weighted by molar-refractivity contribution is 5.76. The van der Waals surface area contributed by atoms with Crippen molar-refractivity contribution in [1.29, 1.82) is 0 Å².